The van der Waals surface area contributed by atoms with Crippen molar-refractivity contribution in [2.45, 2.75) is 32.2 Å². The zero-order chi connectivity index (χ0) is 14.8. The van der Waals surface area contributed by atoms with E-state index in [4.69, 9.17) is 4.42 Å². The number of hydrogen-bond donors (Lipinski definition) is 1. The normalized spacial score (nSPS) is 20.7. The van der Waals surface area contributed by atoms with Gasteiger partial charge >= 0.3 is 0 Å². The van der Waals surface area contributed by atoms with Crippen LogP contribution >= 0.6 is 0 Å². The molecule has 4 heteroatoms. The summed E-state index contributed by atoms with van der Waals surface area (Å²) < 4.78 is 31.9. The average Bonchev–Trinajstić information content (AvgIpc) is 2.98. The summed E-state index contributed by atoms with van der Waals surface area (Å²) in [5.41, 5.74) is 0.659. The molecule has 3 rings (SSSR count). The second kappa shape index (κ2) is 5.98. The summed E-state index contributed by atoms with van der Waals surface area (Å²) in [6, 6.07) is 7.66. The van der Waals surface area contributed by atoms with Crippen LogP contribution in [0.5, 0.6) is 0 Å². The van der Waals surface area contributed by atoms with Crippen molar-refractivity contribution in [1.82, 2.24) is 5.32 Å². The molecule has 0 spiro atoms. The van der Waals surface area contributed by atoms with Crippen LogP contribution in [0, 0.1) is 17.6 Å². The molecule has 1 fully saturated rings. The number of furan rings is 1. The number of benzene rings is 1. The predicted molar refractivity (Wildman–Crippen MR) is 77.0 cm³/mol. The van der Waals surface area contributed by atoms with Crippen LogP contribution in [0.2, 0.25) is 0 Å². The fourth-order valence-electron chi connectivity index (χ4n) is 2.61. The van der Waals surface area contributed by atoms with Crippen LogP contribution in [0.25, 0.3) is 0 Å². The van der Waals surface area contributed by atoms with Crippen LogP contribution in [-0.2, 0) is 13.0 Å². The van der Waals surface area contributed by atoms with Crippen LogP contribution in [0.3, 0.4) is 0 Å². The van der Waals surface area contributed by atoms with Gasteiger partial charge in [-0.25, -0.2) is 8.78 Å². The molecule has 0 radical (unpaired) electrons. The van der Waals surface area contributed by atoms with Crippen molar-refractivity contribution in [3.8, 4) is 0 Å². The van der Waals surface area contributed by atoms with Gasteiger partial charge in [0.2, 0.25) is 0 Å². The molecule has 2 atom stereocenters. The molecular formula is C17H19F2NO. The van der Waals surface area contributed by atoms with Crippen LogP contribution in [0.4, 0.5) is 8.78 Å². The molecule has 0 bridgehead atoms. The molecule has 2 unspecified atom stereocenters. The van der Waals surface area contributed by atoms with E-state index in [9.17, 15) is 8.78 Å². The quantitative estimate of drug-likeness (QED) is 0.813. The highest BCUT2D eigenvalue weighted by Gasteiger charge is 2.36. The minimum Gasteiger partial charge on any atom is -0.464 e. The summed E-state index contributed by atoms with van der Waals surface area (Å²) in [6.07, 6.45) is 1.80. The highest BCUT2D eigenvalue weighted by molar-refractivity contribution is 5.19. The summed E-state index contributed by atoms with van der Waals surface area (Å²) >= 11 is 0. The second-order valence-corrected chi connectivity index (χ2v) is 5.83. The molecule has 112 valence electrons. The van der Waals surface area contributed by atoms with Crippen molar-refractivity contribution < 1.29 is 13.2 Å². The van der Waals surface area contributed by atoms with E-state index in [1.807, 2.05) is 12.1 Å². The first-order valence-corrected chi connectivity index (χ1v) is 7.36. The molecule has 1 aromatic carbocycles. The van der Waals surface area contributed by atoms with Crippen LogP contribution in [0.1, 0.15) is 36.3 Å². The second-order valence-electron chi connectivity index (χ2n) is 5.83. The summed E-state index contributed by atoms with van der Waals surface area (Å²) in [7, 11) is 0. The van der Waals surface area contributed by atoms with E-state index in [-0.39, 0.29) is 0 Å². The van der Waals surface area contributed by atoms with Crippen molar-refractivity contribution in [3.63, 3.8) is 0 Å². The van der Waals surface area contributed by atoms with Gasteiger partial charge in [0, 0.05) is 12.0 Å². The van der Waals surface area contributed by atoms with Gasteiger partial charge in [0.05, 0.1) is 6.54 Å². The molecule has 0 aliphatic heterocycles. The molecule has 2 nitrogen and oxygen atoms in total. The molecule has 0 amide bonds. The Balaban J connectivity index is 1.44. The number of halogens is 2. The lowest BCUT2D eigenvalue weighted by atomic mass is 10.1. The summed E-state index contributed by atoms with van der Waals surface area (Å²) in [6.45, 7) is 3.51. The Labute approximate surface area is 123 Å². The van der Waals surface area contributed by atoms with Gasteiger partial charge < -0.3 is 9.73 Å². The third-order valence-electron chi connectivity index (χ3n) is 3.97. The standard InChI is InChI=1S/C17H19F2NO/c1-11-6-16(11)17-3-2-15(21-17)10-20-5-4-12-7-13(18)9-14(19)8-12/h2-3,7-9,11,16,20H,4-6,10H2,1H3. The fourth-order valence-corrected chi connectivity index (χ4v) is 2.61. The molecule has 21 heavy (non-hydrogen) atoms. The van der Waals surface area contributed by atoms with Crippen molar-refractivity contribution >= 4 is 0 Å². The molecule has 1 heterocycles. The Morgan fingerprint density at radius 1 is 1.19 bits per heavy atom. The first-order valence-electron chi connectivity index (χ1n) is 7.36. The lowest BCUT2D eigenvalue weighted by Gasteiger charge is -2.04. The van der Waals surface area contributed by atoms with Crippen molar-refractivity contribution in [2.24, 2.45) is 5.92 Å². The smallest absolute Gasteiger partial charge is 0.126 e. The van der Waals surface area contributed by atoms with Crippen molar-refractivity contribution in [1.29, 1.82) is 0 Å². The molecule has 0 saturated heterocycles. The maximum Gasteiger partial charge on any atom is 0.126 e. The van der Waals surface area contributed by atoms with E-state index < -0.39 is 11.6 Å². The van der Waals surface area contributed by atoms with E-state index in [1.165, 1.54) is 18.6 Å². The topological polar surface area (TPSA) is 25.2 Å². The Bertz CT molecular complexity index is 603. The third-order valence-corrected chi connectivity index (χ3v) is 3.97. The van der Waals surface area contributed by atoms with Gasteiger partial charge in [0.25, 0.3) is 0 Å². The highest BCUT2D eigenvalue weighted by atomic mass is 19.1. The van der Waals surface area contributed by atoms with E-state index in [1.54, 1.807) is 0 Å². The van der Waals surface area contributed by atoms with Crippen molar-refractivity contribution in [3.05, 3.63) is 59.1 Å². The molecule has 1 aromatic heterocycles. The summed E-state index contributed by atoms with van der Waals surface area (Å²) in [5, 5.41) is 3.23. The van der Waals surface area contributed by atoms with Gasteiger partial charge in [0.1, 0.15) is 23.2 Å². The van der Waals surface area contributed by atoms with Gasteiger partial charge in [-0.2, -0.15) is 0 Å². The highest BCUT2D eigenvalue weighted by Crippen LogP contribution is 2.47. The minimum absolute atomic E-state index is 0.528. The van der Waals surface area contributed by atoms with Crippen LogP contribution in [-0.4, -0.2) is 6.54 Å². The lowest BCUT2D eigenvalue weighted by Crippen LogP contribution is -2.16. The maximum absolute atomic E-state index is 13.0. The van der Waals surface area contributed by atoms with Crippen LogP contribution in [0.15, 0.2) is 34.7 Å². The minimum atomic E-state index is -0.528. The SMILES string of the molecule is CC1CC1c1ccc(CNCCc2cc(F)cc(F)c2)o1. The van der Waals surface area contributed by atoms with Gasteiger partial charge in [-0.15, -0.1) is 0 Å². The van der Waals surface area contributed by atoms with Crippen molar-refractivity contribution in [2.75, 3.05) is 6.54 Å². The molecule has 1 saturated carbocycles. The fraction of sp³-hybridized carbons (Fsp3) is 0.412. The molecule has 1 aliphatic rings. The third kappa shape index (κ3) is 3.70. The molecule has 1 N–H and O–H groups in total. The molecule has 2 aromatic rings. The van der Waals surface area contributed by atoms with Gasteiger partial charge in [-0.3, -0.25) is 0 Å². The van der Waals surface area contributed by atoms with Gasteiger partial charge in [0.15, 0.2) is 0 Å². The van der Waals surface area contributed by atoms with Gasteiger partial charge in [-0.05, 0) is 55.1 Å². The first-order chi connectivity index (χ1) is 10.1. The lowest BCUT2D eigenvalue weighted by molar-refractivity contribution is 0.445. The molecule has 1 aliphatic carbocycles. The Morgan fingerprint density at radius 2 is 1.90 bits per heavy atom. The number of rotatable bonds is 6. The van der Waals surface area contributed by atoms with Gasteiger partial charge in [-0.1, -0.05) is 6.92 Å². The van der Waals surface area contributed by atoms with E-state index >= 15 is 0 Å². The van der Waals surface area contributed by atoms with E-state index in [0.717, 1.165) is 23.5 Å². The maximum atomic E-state index is 13.0. The number of nitrogens with one attached hydrogen (secondary N) is 1. The largest absolute Gasteiger partial charge is 0.464 e. The Morgan fingerprint density at radius 3 is 2.57 bits per heavy atom. The van der Waals surface area contributed by atoms with E-state index in [2.05, 4.69) is 12.2 Å². The van der Waals surface area contributed by atoms with Crippen LogP contribution < -0.4 is 5.32 Å². The van der Waals surface area contributed by atoms with E-state index in [0.29, 0.717) is 31.0 Å². The number of hydrogen-bond acceptors (Lipinski definition) is 2. The summed E-state index contributed by atoms with van der Waals surface area (Å²) in [4.78, 5) is 0. The molecular weight excluding hydrogens is 272 g/mol. The monoisotopic (exact) mass is 291 g/mol. The zero-order valence-corrected chi connectivity index (χ0v) is 12.0. The Kier molecular flexibility index (Phi) is 4.06. The summed E-state index contributed by atoms with van der Waals surface area (Å²) in [5.74, 6) is 2.26. The zero-order valence-electron chi connectivity index (χ0n) is 12.0. The Hall–Kier alpha value is -1.68. The first kappa shape index (κ1) is 14.3. The predicted octanol–water partition coefficient (Wildman–Crippen LogP) is 4.01. The average molecular weight is 291 g/mol.